The number of benzene rings is 1. The molecular weight excluding hydrogens is 312 g/mol. The number of carbonyl (C=O) groups excluding carboxylic acids is 1. The summed E-state index contributed by atoms with van der Waals surface area (Å²) >= 11 is 5.09. The van der Waals surface area contributed by atoms with Crippen molar-refractivity contribution in [1.29, 1.82) is 0 Å². The Labute approximate surface area is 118 Å². The van der Waals surface area contributed by atoms with E-state index in [0.29, 0.717) is 5.56 Å². The third-order valence-electron chi connectivity index (χ3n) is 2.97. The molecule has 1 aromatic carbocycles. The van der Waals surface area contributed by atoms with E-state index < -0.39 is 0 Å². The van der Waals surface area contributed by atoms with Gasteiger partial charge in [0.2, 0.25) is 5.78 Å². The number of hydrogen-bond acceptors (Lipinski definition) is 3. The lowest BCUT2D eigenvalue weighted by Gasteiger charge is -2.05. The Morgan fingerprint density at radius 3 is 2.83 bits per heavy atom. The van der Waals surface area contributed by atoms with E-state index in [4.69, 9.17) is 0 Å². The number of hydrogen-bond donors (Lipinski definition) is 0. The summed E-state index contributed by atoms with van der Waals surface area (Å²) in [4.78, 5) is 17.0. The molecule has 0 radical (unpaired) electrons. The summed E-state index contributed by atoms with van der Waals surface area (Å²) < 4.78 is 3.01. The van der Waals surface area contributed by atoms with Crippen molar-refractivity contribution in [2.24, 2.45) is 0 Å². The zero-order chi connectivity index (χ0) is 12.7. The van der Waals surface area contributed by atoms with Crippen LogP contribution in [0, 0.1) is 6.92 Å². The van der Waals surface area contributed by atoms with Crippen molar-refractivity contribution in [3.05, 3.63) is 45.7 Å². The maximum absolute atomic E-state index is 12.5. The van der Waals surface area contributed by atoms with Gasteiger partial charge in [-0.1, -0.05) is 27.7 Å². The summed E-state index contributed by atoms with van der Waals surface area (Å²) in [5.74, 6) is 1.06. The van der Waals surface area contributed by atoms with Crippen molar-refractivity contribution in [3.8, 4) is 0 Å². The monoisotopic (exact) mass is 322 g/mol. The number of halogens is 1. The average molecular weight is 323 g/mol. The summed E-state index contributed by atoms with van der Waals surface area (Å²) in [6.07, 6.45) is 0. The molecule has 1 aliphatic heterocycles. The van der Waals surface area contributed by atoms with E-state index in [1.807, 2.05) is 35.8 Å². The SMILES string of the molecule is Cc1nc2n(c1C(=O)c1ccc(Br)cc1)CCS2. The van der Waals surface area contributed by atoms with E-state index in [9.17, 15) is 4.79 Å². The number of nitrogens with zero attached hydrogens (tertiary/aromatic N) is 2. The van der Waals surface area contributed by atoms with Crippen molar-refractivity contribution < 1.29 is 4.79 Å². The molecule has 0 N–H and O–H groups in total. The Balaban J connectivity index is 2.05. The van der Waals surface area contributed by atoms with Crippen molar-refractivity contribution >= 4 is 33.5 Å². The zero-order valence-corrected chi connectivity index (χ0v) is 12.2. The van der Waals surface area contributed by atoms with Crippen LogP contribution in [0.2, 0.25) is 0 Å². The maximum Gasteiger partial charge on any atom is 0.211 e. The summed E-state index contributed by atoms with van der Waals surface area (Å²) in [6.45, 7) is 2.77. The van der Waals surface area contributed by atoms with Gasteiger partial charge in [-0.15, -0.1) is 0 Å². The van der Waals surface area contributed by atoms with Gasteiger partial charge in [0.1, 0.15) is 5.69 Å². The van der Waals surface area contributed by atoms with E-state index in [1.165, 1.54) is 0 Å². The minimum Gasteiger partial charge on any atom is -0.315 e. The molecule has 0 saturated carbocycles. The summed E-state index contributed by atoms with van der Waals surface area (Å²) in [5, 5.41) is 0.966. The lowest BCUT2D eigenvalue weighted by Crippen LogP contribution is -2.10. The Morgan fingerprint density at radius 2 is 2.11 bits per heavy atom. The van der Waals surface area contributed by atoms with Crippen LogP contribution < -0.4 is 0 Å². The van der Waals surface area contributed by atoms with E-state index in [0.717, 1.165) is 33.3 Å². The molecule has 0 bridgehead atoms. The summed E-state index contributed by atoms with van der Waals surface area (Å²) in [5.41, 5.74) is 2.27. The zero-order valence-electron chi connectivity index (χ0n) is 9.81. The van der Waals surface area contributed by atoms with Crippen molar-refractivity contribution in [2.45, 2.75) is 18.6 Å². The van der Waals surface area contributed by atoms with Gasteiger partial charge in [0, 0.05) is 22.3 Å². The molecule has 5 heteroatoms. The van der Waals surface area contributed by atoms with Crippen molar-refractivity contribution in [2.75, 3.05) is 5.75 Å². The second-order valence-electron chi connectivity index (χ2n) is 4.16. The summed E-state index contributed by atoms with van der Waals surface area (Å²) in [6, 6.07) is 7.46. The Hall–Kier alpha value is -1.07. The van der Waals surface area contributed by atoms with Gasteiger partial charge in [-0.2, -0.15) is 0 Å². The topological polar surface area (TPSA) is 34.9 Å². The van der Waals surface area contributed by atoms with Gasteiger partial charge in [-0.25, -0.2) is 4.98 Å². The predicted octanol–water partition coefficient (Wildman–Crippen LogP) is 3.29. The molecule has 18 heavy (non-hydrogen) atoms. The molecule has 0 spiro atoms. The number of carbonyl (C=O) groups is 1. The first-order valence-corrected chi connectivity index (χ1v) is 7.45. The number of aromatic nitrogens is 2. The molecule has 0 aliphatic carbocycles. The van der Waals surface area contributed by atoms with Crippen LogP contribution in [0.4, 0.5) is 0 Å². The highest BCUT2D eigenvalue weighted by Crippen LogP contribution is 2.29. The Morgan fingerprint density at radius 1 is 1.39 bits per heavy atom. The fourth-order valence-corrected chi connectivity index (χ4v) is 3.38. The van der Waals surface area contributed by atoms with Gasteiger partial charge in [0.25, 0.3) is 0 Å². The number of fused-ring (bicyclic) bond motifs is 1. The van der Waals surface area contributed by atoms with Crippen LogP contribution in [0.1, 0.15) is 21.7 Å². The van der Waals surface area contributed by atoms with E-state index in [1.54, 1.807) is 11.8 Å². The lowest BCUT2D eigenvalue weighted by atomic mass is 10.1. The number of imidazole rings is 1. The van der Waals surface area contributed by atoms with E-state index in [2.05, 4.69) is 20.9 Å². The number of ketones is 1. The number of thioether (sulfide) groups is 1. The molecule has 3 nitrogen and oxygen atoms in total. The molecule has 1 aliphatic rings. The second kappa shape index (κ2) is 4.55. The lowest BCUT2D eigenvalue weighted by molar-refractivity contribution is 0.102. The summed E-state index contributed by atoms with van der Waals surface area (Å²) in [7, 11) is 0. The average Bonchev–Trinajstić information content (AvgIpc) is 2.89. The van der Waals surface area contributed by atoms with Crippen LogP contribution in [-0.2, 0) is 6.54 Å². The Bertz CT molecular complexity index is 619. The number of rotatable bonds is 2. The van der Waals surface area contributed by atoms with Crippen molar-refractivity contribution in [1.82, 2.24) is 9.55 Å². The smallest absolute Gasteiger partial charge is 0.211 e. The van der Waals surface area contributed by atoms with Crippen molar-refractivity contribution in [3.63, 3.8) is 0 Å². The molecule has 1 aromatic heterocycles. The highest BCUT2D eigenvalue weighted by Gasteiger charge is 2.24. The molecule has 2 heterocycles. The number of aryl methyl sites for hydroxylation is 1. The van der Waals surface area contributed by atoms with E-state index in [-0.39, 0.29) is 5.78 Å². The quantitative estimate of drug-likeness (QED) is 0.796. The predicted molar refractivity (Wildman–Crippen MR) is 75.3 cm³/mol. The maximum atomic E-state index is 12.5. The minimum atomic E-state index is 0.0567. The van der Waals surface area contributed by atoms with Crippen LogP contribution >= 0.6 is 27.7 Å². The van der Waals surface area contributed by atoms with Gasteiger partial charge in [0.15, 0.2) is 5.16 Å². The molecule has 0 amide bonds. The third kappa shape index (κ3) is 1.91. The largest absolute Gasteiger partial charge is 0.315 e. The van der Waals surface area contributed by atoms with Gasteiger partial charge in [-0.05, 0) is 31.2 Å². The van der Waals surface area contributed by atoms with Gasteiger partial charge < -0.3 is 4.57 Å². The molecule has 3 rings (SSSR count). The first kappa shape index (κ1) is 12.0. The van der Waals surface area contributed by atoms with Crippen LogP contribution in [-0.4, -0.2) is 21.1 Å². The first-order chi connectivity index (χ1) is 8.66. The molecule has 92 valence electrons. The molecule has 0 saturated heterocycles. The van der Waals surface area contributed by atoms with Crippen LogP contribution in [0.3, 0.4) is 0 Å². The van der Waals surface area contributed by atoms with E-state index >= 15 is 0 Å². The highest BCUT2D eigenvalue weighted by atomic mass is 79.9. The first-order valence-electron chi connectivity index (χ1n) is 5.67. The van der Waals surface area contributed by atoms with Gasteiger partial charge in [-0.3, -0.25) is 4.79 Å². The molecule has 0 unspecified atom stereocenters. The molecule has 0 fully saturated rings. The second-order valence-corrected chi connectivity index (χ2v) is 6.14. The minimum absolute atomic E-state index is 0.0567. The molecule has 2 aromatic rings. The molecule has 0 atom stereocenters. The van der Waals surface area contributed by atoms with Gasteiger partial charge >= 0.3 is 0 Å². The third-order valence-corrected chi connectivity index (χ3v) is 4.46. The van der Waals surface area contributed by atoms with Gasteiger partial charge in [0.05, 0.1) is 5.69 Å². The standard InChI is InChI=1S/C13H11BrN2OS/c1-8-11(16-6-7-18-13(16)15-8)12(17)9-2-4-10(14)5-3-9/h2-5H,6-7H2,1H3. The van der Waals surface area contributed by atoms with Crippen LogP contribution in [0.15, 0.2) is 33.9 Å². The molecular formula is C13H11BrN2OS. The Kier molecular flexibility index (Phi) is 3.03. The van der Waals surface area contributed by atoms with Crippen LogP contribution in [0.25, 0.3) is 0 Å². The fourth-order valence-electron chi connectivity index (χ4n) is 2.12. The highest BCUT2D eigenvalue weighted by molar-refractivity contribution is 9.10. The normalized spacial score (nSPS) is 13.7. The fraction of sp³-hybridized carbons (Fsp3) is 0.231. The van der Waals surface area contributed by atoms with Crippen LogP contribution in [0.5, 0.6) is 0 Å².